The smallest absolute Gasteiger partial charge is 0.123 e. The van der Waals surface area contributed by atoms with Crippen LogP contribution in [0, 0.1) is 5.82 Å². The Morgan fingerprint density at radius 2 is 2.11 bits per heavy atom. The molecule has 1 aromatic carbocycles. The lowest BCUT2D eigenvalue weighted by Gasteiger charge is -2.39. The molecule has 3 rings (SSSR count). The van der Waals surface area contributed by atoms with Gasteiger partial charge in [0, 0.05) is 13.1 Å². The molecule has 3 nitrogen and oxygen atoms in total. The van der Waals surface area contributed by atoms with E-state index in [1.54, 1.807) is 6.07 Å². The summed E-state index contributed by atoms with van der Waals surface area (Å²) in [5.74, 6) is -0.158. The van der Waals surface area contributed by atoms with Gasteiger partial charge in [0.25, 0.3) is 0 Å². The van der Waals surface area contributed by atoms with E-state index in [4.69, 9.17) is 10.5 Å². The van der Waals surface area contributed by atoms with Crippen LogP contribution in [0.5, 0.6) is 0 Å². The molecule has 1 fully saturated rings. The first-order valence-corrected chi connectivity index (χ1v) is 7.09. The van der Waals surface area contributed by atoms with Gasteiger partial charge < -0.3 is 15.4 Å². The molecule has 19 heavy (non-hydrogen) atoms. The molecule has 1 spiro atoms. The number of nitrogens with zero attached hydrogens (tertiary/aromatic N) is 1. The molecule has 1 aromatic rings. The third-order valence-corrected chi connectivity index (χ3v) is 4.41. The first-order valence-electron chi connectivity index (χ1n) is 7.09. The topological polar surface area (TPSA) is 38.5 Å². The van der Waals surface area contributed by atoms with E-state index < -0.39 is 0 Å². The molecule has 0 atom stereocenters. The maximum Gasteiger partial charge on any atom is 0.123 e. The van der Waals surface area contributed by atoms with Crippen LogP contribution in [0.3, 0.4) is 0 Å². The molecule has 0 bridgehead atoms. The number of piperidine rings is 1. The Kier molecular flexibility index (Phi) is 3.56. The summed E-state index contributed by atoms with van der Waals surface area (Å²) in [6, 6.07) is 5.05. The SMILES string of the molecule is NCCCN1CCC2(CC1)OCc1ccc(F)cc12. The Morgan fingerprint density at radius 1 is 1.32 bits per heavy atom. The van der Waals surface area contributed by atoms with Crippen LogP contribution in [-0.4, -0.2) is 31.1 Å². The molecule has 0 unspecified atom stereocenters. The maximum absolute atomic E-state index is 13.5. The summed E-state index contributed by atoms with van der Waals surface area (Å²) in [6.45, 7) is 4.44. The fraction of sp³-hybridized carbons (Fsp3) is 0.600. The predicted molar refractivity (Wildman–Crippen MR) is 72.2 cm³/mol. The van der Waals surface area contributed by atoms with Crippen molar-refractivity contribution in [1.82, 2.24) is 4.90 Å². The summed E-state index contributed by atoms with van der Waals surface area (Å²) in [5, 5.41) is 0. The molecule has 0 radical (unpaired) electrons. The van der Waals surface area contributed by atoms with Crippen LogP contribution in [0.1, 0.15) is 30.4 Å². The van der Waals surface area contributed by atoms with E-state index in [1.807, 2.05) is 6.07 Å². The Bertz CT molecular complexity index is 455. The Morgan fingerprint density at radius 3 is 2.84 bits per heavy atom. The fourth-order valence-corrected chi connectivity index (χ4v) is 3.26. The van der Waals surface area contributed by atoms with Gasteiger partial charge in [-0.05, 0) is 55.6 Å². The summed E-state index contributed by atoms with van der Waals surface area (Å²) < 4.78 is 19.5. The zero-order valence-corrected chi connectivity index (χ0v) is 11.2. The van der Waals surface area contributed by atoms with Gasteiger partial charge in [-0.3, -0.25) is 0 Å². The number of hydrogen-bond acceptors (Lipinski definition) is 3. The van der Waals surface area contributed by atoms with Crippen molar-refractivity contribution in [3.63, 3.8) is 0 Å². The van der Waals surface area contributed by atoms with Crippen molar-refractivity contribution >= 4 is 0 Å². The number of rotatable bonds is 3. The highest BCUT2D eigenvalue weighted by Crippen LogP contribution is 2.44. The minimum atomic E-state index is -0.239. The normalized spacial score (nSPS) is 21.8. The summed E-state index contributed by atoms with van der Waals surface area (Å²) in [7, 11) is 0. The van der Waals surface area contributed by atoms with E-state index in [9.17, 15) is 4.39 Å². The number of halogens is 1. The van der Waals surface area contributed by atoms with Crippen LogP contribution in [0.15, 0.2) is 18.2 Å². The van der Waals surface area contributed by atoms with Crippen molar-refractivity contribution in [3.8, 4) is 0 Å². The highest BCUT2D eigenvalue weighted by Gasteiger charge is 2.42. The van der Waals surface area contributed by atoms with E-state index in [-0.39, 0.29) is 11.4 Å². The largest absolute Gasteiger partial charge is 0.365 e. The summed E-state index contributed by atoms with van der Waals surface area (Å²) in [4.78, 5) is 2.43. The van der Waals surface area contributed by atoms with E-state index >= 15 is 0 Å². The van der Waals surface area contributed by atoms with Crippen molar-refractivity contribution in [2.24, 2.45) is 5.73 Å². The fourth-order valence-electron chi connectivity index (χ4n) is 3.26. The first kappa shape index (κ1) is 13.0. The number of ether oxygens (including phenoxy) is 1. The number of nitrogens with two attached hydrogens (primary N) is 1. The number of likely N-dealkylation sites (tertiary alicyclic amines) is 1. The van der Waals surface area contributed by atoms with Crippen molar-refractivity contribution < 1.29 is 9.13 Å². The lowest BCUT2D eigenvalue weighted by atomic mass is 9.83. The molecular formula is C15H21FN2O. The van der Waals surface area contributed by atoms with E-state index in [0.717, 1.165) is 56.6 Å². The third-order valence-electron chi connectivity index (χ3n) is 4.41. The zero-order chi connectivity index (χ0) is 13.3. The van der Waals surface area contributed by atoms with Gasteiger partial charge in [0.15, 0.2) is 0 Å². The summed E-state index contributed by atoms with van der Waals surface area (Å²) in [5.41, 5.74) is 7.53. The molecule has 2 aliphatic rings. The van der Waals surface area contributed by atoms with Gasteiger partial charge in [0.05, 0.1) is 12.2 Å². The Balaban J connectivity index is 1.73. The van der Waals surface area contributed by atoms with Crippen LogP contribution in [0.4, 0.5) is 4.39 Å². The molecule has 104 valence electrons. The molecule has 0 saturated carbocycles. The van der Waals surface area contributed by atoms with Gasteiger partial charge in [0.1, 0.15) is 5.82 Å². The molecule has 0 amide bonds. The lowest BCUT2D eigenvalue weighted by Crippen LogP contribution is -2.43. The van der Waals surface area contributed by atoms with Gasteiger partial charge >= 0.3 is 0 Å². The van der Waals surface area contributed by atoms with Gasteiger partial charge in [-0.2, -0.15) is 0 Å². The van der Waals surface area contributed by atoms with E-state index in [0.29, 0.717) is 6.61 Å². The Hall–Kier alpha value is -0.970. The second kappa shape index (κ2) is 5.19. The highest BCUT2D eigenvalue weighted by molar-refractivity contribution is 5.36. The number of hydrogen-bond donors (Lipinski definition) is 1. The first-order chi connectivity index (χ1) is 9.23. The number of fused-ring (bicyclic) bond motifs is 2. The van der Waals surface area contributed by atoms with Crippen molar-refractivity contribution in [2.75, 3.05) is 26.2 Å². The highest BCUT2D eigenvalue weighted by atomic mass is 19.1. The van der Waals surface area contributed by atoms with Crippen LogP contribution >= 0.6 is 0 Å². The average molecular weight is 264 g/mol. The quantitative estimate of drug-likeness (QED) is 0.907. The molecule has 2 N–H and O–H groups in total. The van der Waals surface area contributed by atoms with E-state index in [2.05, 4.69) is 4.90 Å². The van der Waals surface area contributed by atoms with Gasteiger partial charge in [-0.25, -0.2) is 4.39 Å². The monoisotopic (exact) mass is 264 g/mol. The van der Waals surface area contributed by atoms with Crippen molar-refractivity contribution in [2.45, 2.75) is 31.5 Å². The second-order valence-corrected chi connectivity index (χ2v) is 5.57. The Labute approximate surface area is 113 Å². The minimum Gasteiger partial charge on any atom is -0.365 e. The maximum atomic E-state index is 13.5. The molecule has 2 heterocycles. The molecular weight excluding hydrogens is 243 g/mol. The average Bonchev–Trinajstić information content (AvgIpc) is 2.77. The predicted octanol–water partition coefficient (Wildman–Crippen LogP) is 2.00. The molecule has 1 saturated heterocycles. The molecule has 0 aliphatic carbocycles. The van der Waals surface area contributed by atoms with Crippen LogP contribution in [0.25, 0.3) is 0 Å². The van der Waals surface area contributed by atoms with Gasteiger partial charge in [-0.15, -0.1) is 0 Å². The standard InChI is InChI=1S/C15H21FN2O/c16-13-3-2-12-11-19-15(14(12)10-13)4-8-18(9-5-15)7-1-6-17/h2-3,10H,1,4-9,11,17H2. The summed E-state index contributed by atoms with van der Waals surface area (Å²) >= 11 is 0. The van der Waals surface area contributed by atoms with E-state index in [1.165, 1.54) is 6.07 Å². The zero-order valence-electron chi connectivity index (χ0n) is 11.2. The summed E-state index contributed by atoms with van der Waals surface area (Å²) in [6.07, 6.45) is 2.95. The van der Waals surface area contributed by atoms with Crippen molar-refractivity contribution in [3.05, 3.63) is 35.1 Å². The van der Waals surface area contributed by atoms with Crippen molar-refractivity contribution in [1.29, 1.82) is 0 Å². The van der Waals surface area contributed by atoms with Crippen LogP contribution in [0.2, 0.25) is 0 Å². The van der Waals surface area contributed by atoms with Gasteiger partial charge in [0.2, 0.25) is 0 Å². The molecule has 0 aromatic heterocycles. The van der Waals surface area contributed by atoms with Crippen LogP contribution < -0.4 is 5.73 Å². The third kappa shape index (κ3) is 2.40. The minimum absolute atomic E-state index is 0.158. The lowest BCUT2D eigenvalue weighted by molar-refractivity contribution is -0.0788. The number of benzene rings is 1. The molecule has 2 aliphatic heterocycles. The van der Waals surface area contributed by atoms with Crippen LogP contribution in [-0.2, 0) is 16.9 Å². The second-order valence-electron chi connectivity index (χ2n) is 5.57. The van der Waals surface area contributed by atoms with Gasteiger partial charge in [-0.1, -0.05) is 6.07 Å². The molecule has 4 heteroatoms.